The summed E-state index contributed by atoms with van der Waals surface area (Å²) in [6, 6.07) is 6.50. The molecule has 1 aromatic heterocycles. The molecule has 2 rings (SSSR count). The van der Waals surface area contributed by atoms with Gasteiger partial charge in [-0.1, -0.05) is 12.1 Å². The van der Waals surface area contributed by atoms with Crippen LogP contribution in [0.2, 0.25) is 0 Å². The maximum absolute atomic E-state index is 13.4. The van der Waals surface area contributed by atoms with E-state index in [2.05, 4.69) is 4.98 Å². The Labute approximate surface area is 120 Å². The number of Topliss-reactive ketones (excluding diaryl/α,β-unsaturated/α-hetero) is 1. The molecule has 0 amide bonds. The Morgan fingerprint density at radius 2 is 2.11 bits per heavy atom. The third-order valence-electron chi connectivity index (χ3n) is 2.65. The topological polar surface area (TPSA) is 30.0 Å². The zero-order valence-electron chi connectivity index (χ0n) is 10.8. The summed E-state index contributed by atoms with van der Waals surface area (Å²) in [4.78, 5) is 17.8. The van der Waals surface area contributed by atoms with Gasteiger partial charge in [0, 0.05) is 9.77 Å². The molecule has 2 nitrogen and oxygen atoms in total. The van der Waals surface area contributed by atoms with Crippen LogP contribution in [0.25, 0.3) is 0 Å². The first-order valence-corrected chi connectivity index (χ1v) is 7.68. The summed E-state index contributed by atoms with van der Waals surface area (Å²) in [6.07, 6.45) is 0.334. The van der Waals surface area contributed by atoms with E-state index >= 15 is 0 Å². The van der Waals surface area contributed by atoms with Crippen LogP contribution in [0.3, 0.4) is 0 Å². The number of nitrogens with zero attached hydrogens (tertiary/aromatic N) is 1. The Kier molecular flexibility index (Phi) is 4.71. The minimum absolute atomic E-state index is 0.0713. The van der Waals surface area contributed by atoms with E-state index in [-0.39, 0.29) is 17.4 Å². The smallest absolute Gasteiger partial charge is 0.149 e. The van der Waals surface area contributed by atoms with Crippen molar-refractivity contribution in [2.24, 2.45) is 0 Å². The summed E-state index contributed by atoms with van der Waals surface area (Å²) in [6.45, 7) is 3.93. The van der Waals surface area contributed by atoms with Crippen molar-refractivity contribution in [3.8, 4) is 0 Å². The van der Waals surface area contributed by atoms with Crippen molar-refractivity contribution in [2.45, 2.75) is 25.2 Å². The average molecular weight is 295 g/mol. The van der Waals surface area contributed by atoms with Gasteiger partial charge in [0.05, 0.1) is 17.9 Å². The second-order valence-electron chi connectivity index (χ2n) is 4.18. The molecule has 1 heterocycles. The molecule has 0 aliphatic heterocycles. The minimum atomic E-state index is -0.277. The molecule has 100 valence electrons. The fourth-order valence-corrected chi connectivity index (χ4v) is 3.32. The highest BCUT2D eigenvalue weighted by molar-refractivity contribution is 8.00. The van der Waals surface area contributed by atoms with E-state index in [1.54, 1.807) is 29.5 Å². The van der Waals surface area contributed by atoms with Crippen LogP contribution in [0.5, 0.6) is 0 Å². The van der Waals surface area contributed by atoms with E-state index in [0.29, 0.717) is 11.3 Å². The number of benzene rings is 1. The fourth-order valence-electron chi connectivity index (χ4n) is 1.55. The third kappa shape index (κ3) is 3.88. The van der Waals surface area contributed by atoms with E-state index in [0.717, 1.165) is 15.6 Å². The number of thiazole rings is 1. The number of ketones is 1. The summed E-state index contributed by atoms with van der Waals surface area (Å²) >= 11 is 2.79. The lowest BCUT2D eigenvalue weighted by Gasteiger charge is -2.01. The molecule has 0 spiro atoms. The van der Waals surface area contributed by atoms with E-state index < -0.39 is 0 Å². The number of rotatable bonds is 5. The normalized spacial score (nSPS) is 10.7. The number of aryl methyl sites for hydroxylation is 2. The van der Waals surface area contributed by atoms with Gasteiger partial charge in [0.1, 0.15) is 16.6 Å². The van der Waals surface area contributed by atoms with Crippen LogP contribution in [0.15, 0.2) is 29.2 Å². The number of halogens is 1. The quantitative estimate of drug-likeness (QED) is 0.786. The van der Waals surface area contributed by atoms with Crippen LogP contribution in [0, 0.1) is 19.7 Å². The molecule has 0 unspecified atom stereocenters. The number of carbonyl (C=O) groups is 1. The first-order valence-electron chi connectivity index (χ1n) is 5.88. The molecule has 19 heavy (non-hydrogen) atoms. The lowest BCUT2D eigenvalue weighted by atomic mass is 10.3. The van der Waals surface area contributed by atoms with Gasteiger partial charge in [0.2, 0.25) is 0 Å². The molecule has 1 aromatic carbocycles. The van der Waals surface area contributed by atoms with Gasteiger partial charge < -0.3 is 0 Å². The van der Waals surface area contributed by atoms with Gasteiger partial charge in [-0.25, -0.2) is 9.37 Å². The molecule has 0 aliphatic rings. The summed E-state index contributed by atoms with van der Waals surface area (Å²) in [7, 11) is 0. The molecule has 0 aliphatic carbocycles. The molecule has 0 bridgehead atoms. The van der Waals surface area contributed by atoms with Gasteiger partial charge in [0.15, 0.2) is 0 Å². The lowest BCUT2D eigenvalue weighted by Crippen LogP contribution is -2.05. The molecular weight excluding hydrogens is 281 g/mol. The van der Waals surface area contributed by atoms with Crippen LogP contribution >= 0.6 is 23.1 Å². The monoisotopic (exact) mass is 295 g/mol. The molecule has 0 atom stereocenters. The zero-order chi connectivity index (χ0) is 13.8. The predicted molar refractivity (Wildman–Crippen MR) is 77.4 cm³/mol. The van der Waals surface area contributed by atoms with Crippen LogP contribution in [-0.4, -0.2) is 16.5 Å². The molecule has 0 saturated heterocycles. The summed E-state index contributed by atoms with van der Waals surface area (Å²) in [5.74, 6) is 0.0711. The highest BCUT2D eigenvalue weighted by Gasteiger charge is 2.11. The van der Waals surface area contributed by atoms with Crippen molar-refractivity contribution in [2.75, 3.05) is 5.75 Å². The Hall–Kier alpha value is -1.20. The average Bonchev–Trinajstić information content (AvgIpc) is 2.67. The zero-order valence-corrected chi connectivity index (χ0v) is 12.4. The molecule has 0 radical (unpaired) electrons. The Morgan fingerprint density at radius 1 is 1.37 bits per heavy atom. The molecule has 2 aromatic rings. The maximum Gasteiger partial charge on any atom is 0.149 e. The fraction of sp³-hybridized carbons (Fsp3) is 0.286. The van der Waals surface area contributed by atoms with Crippen molar-refractivity contribution >= 4 is 28.9 Å². The van der Waals surface area contributed by atoms with Gasteiger partial charge in [-0.15, -0.1) is 23.1 Å². The van der Waals surface area contributed by atoms with Crippen LogP contribution < -0.4 is 0 Å². The van der Waals surface area contributed by atoms with Gasteiger partial charge in [0.25, 0.3) is 0 Å². The number of hydrogen-bond donors (Lipinski definition) is 0. The number of aromatic nitrogens is 1. The van der Waals surface area contributed by atoms with Gasteiger partial charge in [-0.3, -0.25) is 4.79 Å². The Balaban J connectivity index is 1.90. The lowest BCUT2D eigenvalue weighted by molar-refractivity contribution is -0.116. The van der Waals surface area contributed by atoms with Crippen molar-refractivity contribution in [1.29, 1.82) is 0 Å². The van der Waals surface area contributed by atoms with E-state index in [9.17, 15) is 9.18 Å². The van der Waals surface area contributed by atoms with Crippen molar-refractivity contribution in [1.82, 2.24) is 4.98 Å². The Morgan fingerprint density at radius 3 is 2.74 bits per heavy atom. The summed E-state index contributed by atoms with van der Waals surface area (Å²) in [5, 5.41) is 0.842. The minimum Gasteiger partial charge on any atom is -0.298 e. The van der Waals surface area contributed by atoms with E-state index in [1.807, 2.05) is 13.8 Å². The third-order valence-corrected chi connectivity index (χ3v) is 4.83. The highest BCUT2D eigenvalue weighted by atomic mass is 32.2. The SMILES string of the molecule is Cc1nc(CC(=O)CSc2ccccc2F)sc1C. The van der Waals surface area contributed by atoms with Crippen molar-refractivity contribution < 1.29 is 9.18 Å². The standard InChI is InChI=1S/C14H14FNOS2/c1-9-10(2)19-14(16-9)7-11(17)8-18-13-6-4-3-5-12(13)15/h3-6H,7-8H2,1-2H3. The maximum atomic E-state index is 13.4. The van der Waals surface area contributed by atoms with Crippen LogP contribution in [0.4, 0.5) is 4.39 Å². The molecule has 5 heteroatoms. The van der Waals surface area contributed by atoms with Crippen molar-refractivity contribution in [3.05, 3.63) is 45.7 Å². The van der Waals surface area contributed by atoms with Crippen molar-refractivity contribution in [3.63, 3.8) is 0 Å². The molecule has 0 saturated carbocycles. The molecule has 0 fully saturated rings. The van der Waals surface area contributed by atoms with Gasteiger partial charge >= 0.3 is 0 Å². The number of carbonyl (C=O) groups excluding carboxylic acids is 1. The van der Waals surface area contributed by atoms with Crippen LogP contribution in [-0.2, 0) is 11.2 Å². The largest absolute Gasteiger partial charge is 0.298 e. The Bertz CT molecular complexity index is 575. The van der Waals surface area contributed by atoms with Gasteiger partial charge in [-0.05, 0) is 26.0 Å². The summed E-state index contributed by atoms with van der Waals surface area (Å²) in [5.41, 5.74) is 0.981. The highest BCUT2D eigenvalue weighted by Crippen LogP contribution is 2.22. The molecule has 0 N–H and O–H groups in total. The first-order chi connectivity index (χ1) is 9.06. The van der Waals surface area contributed by atoms with Crippen LogP contribution in [0.1, 0.15) is 15.6 Å². The second-order valence-corrected chi connectivity index (χ2v) is 6.49. The first kappa shape index (κ1) is 14.2. The second kappa shape index (κ2) is 6.30. The predicted octanol–water partition coefficient (Wildman–Crippen LogP) is 3.80. The van der Waals surface area contributed by atoms with Gasteiger partial charge in [-0.2, -0.15) is 0 Å². The summed E-state index contributed by atoms with van der Waals surface area (Å²) < 4.78 is 13.4. The van der Waals surface area contributed by atoms with E-state index in [4.69, 9.17) is 0 Å². The van der Waals surface area contributed by atoms with E-state index in [1.165, 1.54) is 17.8 Å². The number of hydrogen-bond acceptors (Lipinski definition) is 4. The number of thioether (sulfide) groups is 1. The molecular formula is C14H14FNOS2.